The van der Waals surface area contributed by atoms with E-state index in [1.165, 1.54) is 19.3 Å². The van der Waals surface area contributed by atoms with Crippen LogP contribution < -0.4 is 0 Å². The Labute approximate surface area is 96.6 Å². The molecule has 1 aromatic heterocycles. The molecule has 0 bridgehead atoms. The number of carboxylic acid groups (broad SMARTS) is 1. The second-order valence-electron chi connectivity index (χ2n) is 3.95. The minimum Gasteiger partial charge on any atom is -0.481 e. The number of furan rings is 1. The summed E-state index contributed by atoms with van der Waals surface area (Å²) in [5.41, 5.74) is 0. The van der Waals surface area contributed by atoms with E-state index in [0.29, 0.717) is 12.3 Å². The Morgan fingerprint density at radius 1 is 1.60 bits per heavy atom. The quantitative estimate of drug-likeness (QED) is 0.915. The maximum atomic E-state index is 10.4. The molecular weight excluding hydrogens is 260 g/mol. The molecule has 1 aliphatic rings. The van der Waals surface area contributed by atoms with Gasteiger partial charge in [0.25, 0.3) is 0 Å². The van der Waals surface area contributed by atoms with Gasteiger partial charge in [-0.2, -0.15) is 0 Å². The largest absolute Gasteiger partial charge is 0.481 e. The van der Waals surface area contributed by atoms with Crippen LogP contribution in [0.1, 0.15) is 43.1 Å². The average Bonchev–Trinajstić information content (AvgIpc) is 2.42. The molecular formula is C11H13BrO3. The van der Waals surface area contributed by atoms with Crippen LogP contribution in [0, 0.1) is 0 Å². The van der Waals surface area contributed by atoms with Gasteiger partial charge in [-0.3, -0.25) is 4.79 Å². The van der Waals surface area contributed by atoms with Crippen molar-refractivity contribution in [2.75, 3.05) is 0 Å². The second-order valence-corrected chi connectivity index (χ2v) is 4.80. The van der Waals surface area contributed by atoms with Crippen molar-refractivity contribution in [3.63, 3.8) is 0 Å². The van der Waals surface area contributed by atoms with Crippen LogP contribution in [0.25, 0.3) is 0 Å². The Hall–Kier alpha value is -0.770. The third-order valence-electron chi connectivity index (χ3n) is 2.83. The van der Waals surface area contributed by atoms with Crippen molar-refractivity contribution in [2.24, 2.45) is 0 Å². The average molecular weight is 273 g/mol. The molecule has 0 amide bonds. The van der Waals surface area contributed by atoms with Crippen molar-refractivity contribution in [1.82, 2.24) is 0 Å². The summed E-state index contributed by atoms with van der Waals surface area (Å²) in [6.45, 7) is 0. The number of hydrogen-bond acceptors (Lipinski definition) is 2. The second kappa shape index (κ2) is 4.39. The molecule has 0 atom stereocenters. The van der Waals surface area contributed by atoms with Gasteiger partial charge in [0.2, 0.25) is 0 Å². The number of rotatable bonds is 4. The number of hydrogen-bond donors (Lipinski definition) is 1. The first kappa shape index (κ1) is 10.7. The Morgan fingerprint density at radius 2 is 2.33 bits per heavy atom. The monoisotopic (exact) mass is 272 g/mol. The molecule has 0 spiro atoms. The Balaban J connectivity index is 2.03. The van der Waals surface area contributed by atoms with Gasteiger partial charge >= 0.3 is 5.97 Å². The highest BCUT2D eigenvalue weighted by Crippen LogP contribution is 2.41. The number of aliphatic carboxylic acids is 1. The molecule has 1 saturated carbocycles. The third kappa shape index (κ3) is 2.43. The van der Waals surface area contributed by atoms with E-state index in [4.69, 9.17) is 9.52 Å². The van der Waals surface area contributed by atoms with E-state index in [1.54, 1.807) is 0 Å². The molecule has 0 saturated heterocycles. The summed E-state index contributed by atoms with van der Waals surface area (Å²) < 4.78 is 6.65. The topological polar surface area (TPSA) is 50.4 Å². The maximum Gasteiger partial charge on any atom is 0.303 e. The van der Waals surface area contributed by atoms with Gasteiger partial charge in [-0.25, -0.2) is 0 Å². The van der Waals surface area contributed by atoms with Crippen LogP contribution in [0.3, 0.4) is 0 Å². The highest BCUT2D eigenvalue weighted by Gasteiger charge is 2.25. The van der Waals surface area contributed by atoms with Gasteiger partial charge in [0.15, 0.2) is 0 Å². The smallest absolute Gasteiger partial charge is 0.303 e. The van der Waals surface area contributed by atoms with Gasteiger partial charge in [-0.15, -0.1) is 0 Å². The van der Waals surface area contributed by atoms with E-state index in [0.717, 1.165) is 16.0 Å². The molecule has 0 aliphatic heterocycles. The molecule has 1 heterocycles. The maximum absolute atomic E-state index is 10.4. The summed E-state index contributed by atoms with van der Waals surface area (Å²) in [5.74, 6) is 1.53. The van der Waals surface area contributed by atoms with Gasteiger partial charge in [-0.1, -0.05) is 6.42 Å². The fraction of sp³-hybridized carbons (Fsp3) is 0.545. The number of aryl methyl sites for hydroxylation is 1. The summed E-state index contributed by atoms with van der Waals surface area (Å²) in [6, 6.07) is 1.90. The highest BCUT2D eigenvalue weighted by atomic mass is 79.9. The highest BCUT2D eigenvalue weighted by molar-refractivity contribution is 9.10. The van der Waals surface area contributed by atoms with Crippen LogP contribution in [-0.4, -0.2) is 11.1 Å². The molecule has 0 unspecified atom stereocenters. The minimum atomic E-state index is -0.785. The first-order valence-electron chi connectivity index (χ1n) is 5.16. The summed E-state index contributed by atoms with van der Waals surface area (Å²) in [6.07, 6.45) is 4.24. The summed E-state index contributed by atoms with van der Waals surface area (Å²) in [5, 5.41) is 8.56. The lowest BCUT2D eigenvalue weighted by Crippen LogP contribution is -2.07. The lowest BCUT2D eigenvalue weighted by molar-refractivity contribution is -0.137. The van der Waals surface area contributed by atoms with Crippen molar-refractivity contribution in [3.05, 3.63) is 22.1 Å². The lowest BCUT2D eigenvalue weighted by atomic mass is 9.84. The van der Waals surface area contributed by atoms with Crippen LogP contribution in [0.15, 0.2) is 15.0 Å². The van der Waals surface area contributed by atoms with E-state index in [1.807, 2.05) is 6.07 Å². The minimum absolute atomic E-state index is 0.129. The zero-order valence-electron chi connectivity index (χ0n) is 8.33. The van der Waals surface area contributed by atoms with Crippen molar-refractivity contribution in [2.45, 2.75) is 38.0 Å². The SMILES string of the molecule is O=C(O)CCc1cc(Br)c(C2CCC2)o1. The third-order valence-corrected chi connectivity index (χ3v) is 3.45. The van der Waals surface area contributed by atoms with Gasteiger partial charge < -0.3 is 9.52 Å². The Kier molecular flexibility index (Phi) is 3.14. The van der Waals surface area contributed by atoms with E-state index in [-0.39, 0.29) is 6.42 Å². The predicted octanol–water partition coefficient (Wildman–Crippen LogP) is 3.33. The molecule has 15 heavy (non-hydrogen) atoms. The van der Waals surface area contributed by atoms with Gasteiger partial charge in [0.05, 0.1) is 10.9 Å². The molecule has 1 fully saturated rings. The molecule has 1 N–H and O–H groups in total. The van der Waals surface area contributed by atoms with Crippen molar-refractivity contribution in [3.8, 4) is 0 Å². The number of halogens is 1. The van der Waals surface area contributed by atoms with Crippen LogP contribution in [-0.2, 0) is 11.2 Å². The summed E-state index contributed by atoms with van der Waals surface area (Å²) >= 11 is 3.46. The predicted molar refractivity (Wildman–Crippen MR) is 59.0 cm³/mol. The van der Waals surface area contributed by atoms with Gasteiger partial charge in [0.1, 0.15) is 11.5 Å². The Morgan fingerprint density at radius 3 is 2.87 bits per heavy atom. The van der Waals surface area contributed by atoms with Gasteiger partial charge in [0, 0.05) is 12.3 Å². The lowest BCUT2D eigenvalue weighted by Gasteiger charge is -2.23. The summed E-state index contributed by atoms with van der Waals surface area (Å²) in [4.78, 5) is 10.4. The first-order valence-corrected chi connectivity index (χ1v) is 5.96. The molecule has 0 aromatic carbocycles. The van der Waals surface area contributed by atoms with Gasteiger partial charge in [-0.05, 0) is 34.8 Å². The van der Waals surface area contributed by atoms with E-state index in [2.05, 4.69) is 15.9 Å². The molecule has 2 rings (SSSR count). The molecule has 82 valence electrons. The number of carboxylic acids is 1. The van der Waals surface area contributed by atoms with Crippen molar-refractivity contribution in [1.29, 1.82) is 0 Å². The first-order chi connectivity index (χ1) is 7.16. The van der Waals surface area contributed by atoms with Crippen LogP contribution >= 0.6 is 15.9 Å². The van der Waals surface area contributed by atoms with Crippen LogP contribution in [0.2, 0.25) is 0 Å². The molecule has 3 nitrogen and oxygen atoms in total. The summed E-state index contributed by atoms with van der Waals surface area (Å²) in [7, 11) is 0. The molecule has 1 aromatic rings. The van der Waals surface area contributed by atoms with E-state index in [9.17, 15) is 4.79 Å². The van der Waals surface area contributed by atoms with Crippen molar-refractivity contribution >= 4 is 21.9 Å². The van der Waals surface area contributed by atoms with E-state index < -0.39 is 5.97 Å². The fourth-order valence-electron chi connectivity index (χ4n) is 1.73. The van der Waals surface area contributed by atoms with Crippen molar-refractivity contribution < 1.29 is 14.3 Å². The zero-order chi connectivity index (χ0) is 10.8. The fourth-order valence-corrected chi connectivity index (χ4v) is 2.39. The van der Waals surface area contributed by atoms with Crippen LogP contribution in [0.4, 0.5) is 0 Å². The normalized spacial score (nSPS) is 16.3. The molecule has 1 aliphatic carbocycles. The number of carbonyl (C=O) groups is 1. The molecule has 0 radical (unpaired) electrons. The van der Waals surface area contributed by atoms with E-state index >= 15 is 0 Å². The molecule has 4 heteroatoms. The zero-order valence-corrected chi connectivity index (χ0v) is 9.92. The standard InChI is InChI=1S/C11H13BrO3/c12-9-6-8(4-5-10(13)14)15-11(9)7-2-1-3-7/h6-7H,1-5H2,(H,13,14). The Bertz CT molecular complexity index is 366. The van der Waals surface area contributed by atoms with Crippen LogP contribution in [0.5, 0.6) is 0 Å².